The van der Waals surface area contributed by atoms with Crippen molar-refractivity contribution in [2.45, 2.75) is 25.4 Å². The van der Waals surface area contributed by atoms with Crippen LogP contribution in [0.1, 0.15) is 18.9 Å². The topological polar surface area (TPSA) is 64.9 Å². The standard InChI is InChI=1S/C25H23ClFN3O2S/c1-4-23(32)28-22-13-30(14(22)2)15(3)33-29-21-10-9-20(26)24(25(21)27)19-12-17(31)11-16-7-5-6-8-18(16)19/h4-9,11-12,14,22,31H,1,3,10,13H2,2H3,(H,28,32). The number of nitrogens with zero attached hydrogens (tertiary/aromatic N) is 2. The van der Waals surface area contributed by atoms with Crippen molar-refractivity contribution in [1.29, 1.82) is 0 Å². The SMILES string of the molecule is C=CC(=O)NC1CN(C(=C)SN=C2CC=C(Cl)C(c3cc(O)cc4ccccc34)=C2F)C1C. The first-order valence-corrected chi connectivity index (χ1v) is 11.6. The van der Waals surface area contributed by atoms with Crippen LogP contribution in [-0.4, -0.2) is 40.3 Å². The van der Waals surface area contributed by atoms with Crippen molar-refractivity contribution in [2.75, 3.05) is 6.54 Å². The molecule has 0 spiro atoms. The Balaban J connectivity index is 1.57. The number of likely N-dealkylation sites (tertiary alicyclic amines) is 1. The number of fused-ring (bicyclic) bond motifs is 1. The molecule has 2 atom stereocenters. The van der Waals surface area contributed by atoms with Crippen LogP contribution in [0.15, 0.2) is 82.0 Å². The lowest BCUT2D eigenvalue weighted by Gasteiger charge is -2.48. The van der Waals surface area contributed by atoms with E-state index in [0.717, 1.165) is 22.7 Å². The fourth-order valence-corrected chi connectivity index (χ4v) is 4.94. The molecular formula is C25H23ClFN3O2S. The number of halogens is 2. The van der Waals surface area contributed by atoms with Crippen LogP contribution in [-0.2, 0) is 4.79 Å². The van der Waals surface area contributed by atoms with Crippen LogP contribution in [0.25, 0.3) is 16.3 Å². The average Bonchev–Trinajstić information content (AvgIpc) is 2.80. The van der Waals surface area contributed by atoms with Gasteiger partial charge in [0, 0.05) is 41.6 Å². The maximum atomic E-state index is 15.6. The highest BCUT2D eigenvalue weighted by atomic mass is 35.5. The third-order valence-electron chi connectivity index (χ3n) is 5.86. The monoisotopic (exact) mass is 483 g/mol. The van der Waals surface area contributed by atoms with E-state index in [1.54, 1.807) is 12.1 Å². The van der Waals surface area contributed by atoms with Gasteiger partial charge < -0.3 is 15.3 Å². The van der Waals surface area contributed by atoms with E-state index in [1.807, 2.05) is 36.1 Å². The van der Waals surface area contributed by atoms with Crippen LogP contribution in [0.5, 0.6) is 5.75 Å². The van der Waals surface area contributed by atoms with E-state index in [-0.39, 0.29) is 46.5 Å². The molecule has 0 aromatic heterocycles. The van der Waals surface area contributed by atoms with Gasteiger partial charge in [-0.2, -0.15) is 0 Å². The molecule has 4 rings (SSSR count). The summed E-state index contributed by atoms with van der Waals surface area (Å²) >= 11 is 7.51. The van der Waals surface area contributed by atoms with E-state index >= 15 is 4.39 Å². The highest BCUT2D eigenvalue weighted by Crippen LogP contribution is 2.41. The van der Waals surface area contributed by atoms with Gasteiger partial charge in [-0.05, 0) is 41.5 Å². The summed E-state index contributed by atoms with van der Waals surface area (Å²) in [5.74, 6) is -0.702. The predicted octanol–water partition coefficient (Wildman–Crippen LogP) is 5.69. The largest absolute Gasteiger partial charge is 0.508 e. The van der Waals surface area contributed by atoms with E-state index in [0.29, 0.717) is 17.1 Å². The Hall–Kier alpha value is -3.03. The average molecular weight is 484 g/mol. The lowest BCUT2D eigenvalue weighted by Crippen LogP contribution is -2.64. The summed E-state index contributed by atoms with van der Waals surface area (Å²) in [6.45, 7) is 10.1. The van der Waals surface area contributed by atoms with Crippen LogP contribution in [0.3, 0.4) is 0 Å². The van der Waals surface area contributed by atoms with Gasteiger partial charge in [0.1, 0.15) is 5.75 Å². The Morgan fingerprint density at radius 3 is 2.88 bits per heavy atom. The van der Waals surface area contributed by atoms with Crippen molar-refractivity contribution in [2.24, 2.45) is 4.40 Å². The second-order valence-corrected chi connectivity index (χ2v) is 9.14. The molecule has 33 heavy (non-hydrogen) atoms. The van der Waals surface area contributed by atoms with Crippen LogP contribution in [0, 0.1) is 0 Å². The van der Waals surface area contributed by atoms with Crippen LogP contribution in [0.2, 0.25) is 0 Å². The second-order valence-electron chi connectivity index (χ2n) is 7.89. The van der Waals surface area contributed by atoms with Gasteiger partial charge in [-0.1, -0.05) is 55.1 Å². The van der Waals surface area contributed by atoms with Crippen molar-refractivity contribution in [3.8, 4) is 5.75 Å². The number of amides is 1. The third-order valence-corrected chi connectivity index (χ3v) is 6.96. The van der Waals surface area contributed by atoms with E-state index in [2.05, 4.69) is 22.9 Å². The maximum absolute atomic E-state index is 15.6. The molecule has 1 aliphatic heterocycles. The van der Waals surface area contributed by atoms with E-state index in [9.17, 15) is 9.90 Å². The molecule has 0 saturated carbocycles. The molecule has 2 N–H and O–H groups in total. The molecule has 0 bridgehead atoms. The van der Waals surface area contributed by atoms with Crippen LogP contribution < -0.4 is 5.32 Å². The Kier molecular flexibility index (Phi) is 6.63. The molecule has 2 aromatic rings. The number of phenolic OH excluding ortho intramolecular Hbond substituents is 1. The first kappa shape index (κ1) is 23.1. The van der Waals surface area contributed by atoms with Gasteiger partial charge in [0.15, 0.2) is 5.83 Å². The Labute approximate surface area is 201 Å². The minimum absolute atomic E-state index is 0.000743. The molecule has 5 nitrogen and oxygen atoms in total. The molecule has 170 valence electrons. The smallest absolute Gasteiger partial charge is 0.243 e. The molecule has 1 aliphatic carbocycles. The van der Waals surface area contributed by atoms with Gasteiger partial charge in [-0.15, -0.1) is 0 Å². The zero-order valence-corrected chi connectivity index (χ0v) is 19.6. The highest BCUT2D eigenvalue weighted by Gasteiger charge is 2.37. The highest BCUT2D eigenvalue weighted by molar-refractivity contribution is 8.01. The van der Waals surface area contributed by atoms with Gasteiger partial charge in [-0.3, -0.25) is 4.79 Å². The molecule has 2 aromatic carbocycles. The number of allylic oxidation sites excluding steroid dienone is 4. The number of phenols is 1. The van der Waals surface area contributed by atoms with Gasteiger partial charge in [0.25, 0.3) is 0 Å². The summed E-state index contributed by atoms with van der Waals surface area (Å²) < 4.78 is 20.0. The summed E-state index contributed by atoms with van der Waals surface area (Å²) in [5.41, 5.74) is 0.972. The van der Waals surface area contributed by atoms with Crippen molar-refractivity contribution < 1.29 is 14.3 Å². The van der Waals surface area contributed by atoms with E-state index in [1.165, 1.54) is 12.1 Å². The Morgan fingerprint density at radius 1 is 1.39 bits per heavy atom. The van der Waals surface area contributed by atoms with E-state index in [4.69, 9.17) is 11.6 Å². The number of hydrogen-bond acceptors (Lipinski definition) is 5. The molecule has 0 radical (unpaired) electrons. The lowest BCUT2D eigenvalue weighted by molar-refractivity contribution is -0.118. The summed E-state index contributed by atoms with van der Waals surface area (Å²) in [7, 11) is 0. The number of carbonyl (C=O) groups excluding carboxylic acids is 1. The van der Waals surface area contributed by atoms with Crippen LogP contribution >= 0.6 is 23.5 Å². The molecular weight excluding hydrogens is 461 g/mol. The minimum atomic E-state index is -0.522. The molecule has 1 saturated heterocycles. The molecule has 8 heteroatoms. The minimum Gasteiger partial charge on any atom is -0.508 e. The van der Waals surface area contributed by atoms with Gasteiger partial charge in [-0.25, -0.2) is 8.79 Å². The van der Waals surface area contributed by atoms with Gasteiger partial charge in [0.2, 0.25) is 5.91 Å². The summed E-state index contributed by atoms with van der Waals surface area (Å²) in [6, 6.07) is 10.6. The number of hydrogen-bond donors (Lipinski definition) is 2. The molecule has 2 unspecified atom stereocenters. The summed E-state index contributed by atoms with van der Waals surface area (Å²) in [5, 5.41) is 15.6. The van der Waals surface area contributed by atoms with Crippen LogP contribution in [0.4, 0.5) is 4.39 Å². The number of rotatable bonds is 6. The van der Waals surface area contributed by atoms with Gasteiger partial charge in [0.05, 0.1) is 16.8 Å². The number of nitrogens with one attached hydrogen (secondary N) is 1. The molecule has 1 heterocycles. The molecule has 1 amide bonds. The van der Waals surface area contributed by atoms with Crippen molar-refractivity contribution in [3.05, 3.63) is 83.2 Å². The zero-order valence-electron chi connectivity index (χ0n) is 18.0. The number of aromatic hydroxyl groups is 1. The predicted molar refractivity (Wildman–Crippen MR) is 135 cm³/mol. The Bertz CT molecular complexity index is 1250. The number of benzene rings is 2. The van der Waals surface area contributed by atoms with Gasteiger partial charge >= 0.3 is 0 Å². The maximum Gasteiger partial charge on any atom is 0.243 e. The van der Waals surface area contributed by atoms with Crippen molar-refractivity contribution >= 4 is 51.5 Å². The normalized spacial score (nSPS) is 21.6. The summed E-state index contributed by atoms with van der Waals surface area (Å²) in [6.07, 6.45) is 3.21. The molecule has 2 aliphatic rings. The second kappa shape index (κ2) is 9.45. The Morgan fingerprint density at radius 2 is 2.15 bits per heavy atom. The third kappa shape index (κ3) is 4.56. The fourth-order valence-electron chi connectivity index (χ4n) is 3.96. The first-order valence-electron chi connectivity index (χ1n) is 10.4. The lowest BCUT2D eigenvalue weighted by atomic mass is 9.92. The van der Waals surface area contributed by atoms with Crippen molar-refractivity contribution in [3.63, 3.8) is 0 Å². The van der Waals surface area contributed by atoms with E-state index < -0.39 is 5.83 Å². The van der Waals surface area contributed by atoms with Crippen molar-refractivity contribution in [1.82, 2.24) is 10.2 Å². The zero-order chi connectivity index (χ0) is 23.7. The summed E-state index contributed by atoms with van der Waals surface area (Å²) in [4.78, 5) is 13.5. The molecule has 1 fully saturated rings. The fraction of sp³-hybridized carbons (Fsp3) is 0.200. The number of carbonyl (C=O) groups is 1. The first-order chi connectivity index (χ1) is 15.8. The quantitative estimate of drug-likeness (QED) is 0.409.